The van der Waals surface area contributed by atoms with Gasteiger partial charge >= 0.3 is 0 Å². The van der Waals surface area contributed by atoms with Crippen molar-refractivity contribution in [2.75, 3.05) is 24.6 Å². The van der Waals surface area contributed by atoms with Gasteiger partial charge in [0, 0.05) is 30.9 Å². The van der Waals surface area contributed by atoms with Gasteiger partial charge in [0.1, 0.15) is 0 Å². The van der Waals surface area contributed by atoms with Crippen LogP contribution in [0, 0.1) is 5.41 Å². The van der Waals surface area contributed by atoms with Crippen LogP contribution in [0.4, 0.5) is 5.95 Å². The van der Waals surface area contributed by atoms with E-state index in [-0.39, 0.29) is 12.0 Å². The molecule has 21 heavy (non-hydrogen) atoms. The fourth-order valence-electron chi connectivity index (χ4n) is 3.18. The molecule has 0 unspecified atom stereocenters. The minimum Gasteiger partial charge on any atom is -0.396 e. The zero-order valence-corrected chi connectivity index (χ0v) is 13.1. The highest BCUT2D eigenvalue weighted by Gasteiger charge is 2.41. The number of anilines is 1. The van der Waals surface area contributed by atoms with E-state index in [0.717, 1.165) is 44.2 Å². The Balaban J connectivity index is 2.04. The summed E-state index contributed by atoms with van der Waals surface area (Å²) in [4.78, 5) is 10.9. The van der Waals surface area contributed by atoms with Crippen LogP contribution in [-0.2, 0) is 6.42 Å². The number of nitrogens with zero attached hydrogens (tertiary/aromatic N) is 3. The number of aliphatic hydroxyl groups is 2. The highest BCUT2D eigenvalue weighted by Crippen LogP contribution is 2.36. The summed E-state index contributed by atoms with van der Waals surface area (Å²) in [6.07, 6.45) is 7.90. The van der Waals surface area contributed by atoms with Crippen LogP contribution in [0.5, 0.6) is 0 Å². The van der Waals surface area contributed by atoms with E-state index in [1.807, 2.05) is 17.3 Å². The zero-order chi connectivity index (χ0) is 15.3. The first-order valence-corrected chi connectivity index (χ1v) is 8.00. The van der Waals surface area contributed by atoms with Crippen LogP contribution < -0.4 is 4.90 Å². The molecule has 2 atom stereocenters. The highest BCUT2D eigenvalue weighted by molar-refractivity contribution is 5.32. The summed E-state index contributed by atoms with van der Waals surface area (Å²) in [5.41, 5.74) is 0.794. The Labute approximate surface area is 127 Å². The Morgan fingerprint density at radius 1 is 1.29 bits per heavy atom. The second-order valence-corrected chi connectivity index (χ2v) is 6.12. The summed E-state index contributed by atoms with van der Waals surface area (Å²) in [6, 6.07) is 0. The van der Waals surface area contributed by atoms with Crippen LogP contribution in [0.3, 0.4) is 0 Å². The summed E-state index contributed by atoms with van der Waals surface area (Å²) in [6.45, 7) is 5.55. The average Bonchev–Trinajstić information content (AvgIpc) is 2.51. The summed E-state index contributed by atoms with van der Waals surface area (Å²) in [7, 11) is 0. The molecule has 1 fully saturated rings. The molecule has 0 saturated carbocycles. The van der Waals surface area contributed by atoms with E-state index in [9.17, 15) is 10.2 Å². The third-order valence-corrected chi connectivity index (χ3v) is 4.56. The van der Waals surface area contributed by atoms with Gasteiger partial charge in [0.15, 0.2) is 0 Å². The minimum absolute atomic E-state index is 0.0478. The average molecular weight is 293 g/mol. The van der Waals surface area contributed by atoms with Crippen molar-refractivity contribution in [3.63, 3.8) is 0 Å². The molecule has 2 heterocycles. The number of aromatic nitrogens is 2. The van der Waals surface area contributed by atoms with E-state index in [1.165, 1.54) is 0 Å². The number of rotatable bonds is 6. The molecule has 0 spiro atoms. The molecule has 1 aliphatic rings. The molecule has 5 heteroatoms. The number of piperidine rings is 1. The van der Waals surface area contributed by atoms with Gasteiger partial charge in [0.05, 0.1) is 12.7 Å². The largest absolute Gasteiger partial charge is 0.396 e. The van der Waals surface area contributed by atoms with Gasteiger partial charge in [-0.15, -0.1) is 0 Å². The van der Waals surface area contributed by atoms with Crippen molar-refractivity contribution in [1.82, 2.24) is 9.97 Å². The Morgan fingerprint density at radius 3 is 2.52 bits per heavy atom. The van der Waals surface area contributed by atoms with Crippen molar-refractivity contribution >= 4 is 5.95 Å². The monoisotopic (exact) mass is 293 g/mol. The van der Waals surface area contributed by atoms with Gasteiger partial charge in [-0.2, -0.15) is 0 Å². The lowest BCUT2D eigenvalue weighted by Gasteiger charge is -2.44. The molecular weight excluding hydrogens is 266 g/mol. The molecule has 2 rings (SSSR count). The van der Waals surface area contributed by atoms with E-state index in [2.05, 4.69) is 23.8 Å². The lowest BCUT2D eigenvalue weighted by Crippen LogP contribution is -2.53. The molecule has 0 aromatic carbocycles. The van der Waals surface area contributed by atoms with Crippen LogP contribution >= 0.6 is 0 Å². The smallest absolute Gasteiger partial charge is 0.225 e. The van der Waals surface area contributed by atoms with Crippen molar-refractivity contribution in [2.24, 2.45) is 5.41 Å². The first-order chi connectivity index (χ1) is 10.1. The van der Waals surface area contributed by atoms with Crippen molar-refractivity contribution in [2.45, 2.75) is 52.1 Å². The summed E-state index contributed by atoms with van der Waals surface area (Å²) in [5.74, 6) is 0.678. The molecule has 0 radical (unpaired) electrons. The second-order valence-electron chi connectivity index (χ2n) is 6.12. The van der Waals surface area contributed by atoms with Crippen molar-refractivity contribution in [3.05, 3.63) is 18.0 Å². The normalized spacial score (nSPS) is 26.1. The molecule has 1 saturated heterocycles. The SMILES string of the molecule is CCCc1cnc(N2CC[C@@](CO)(CCC)[C@@H](O)C2)nc1. The van der Waals surface area contributed by atoms with Crippen molar-refractivity contribution in [1.29, 1.82) is 0 Å². The minimum atomic E-state index is -0.532. The van der Waals surface area contributed by atoms with Gasteiger partial charge in [0.2, 0.25) is 5.95 Å². The summed E-state index contributed by atoms with van der Waals surface area (Å²) >= 11 is 0. The molecule has 5 nitrogen and oxygen atoms in total. The first-order valence-electron chi connectivity index (χ1n) is 8.00. The molecule has 1 aromatic rings. The third kappa shape index (κ3) is 3.52. The third-order valence-electron chi connectivity index (χ3n) is 4.56. The summed E-state index contributed by atoms with van der Waals surface area (Å²) < 4.78 is 0. The molecule has 0 bridgehead atoms. The Morgan fingerprint density at radius 2 is 2.00 bits per heavy atom. The van der Waals surface area contributed by atoms with Gasteiger partial charge in [-0.1, -0.05) is 26.7 Å². The number of aryl methyl sites for hydroxylation is 1. The molecular formula is C16H27N3O2. The van der Waals surface area contributed by atoms with Gasteiger partial charge in [0.25, 0.3) is 0 Å². The number of hydrogen-bond donors (Lipinski definition) is 2. The van der Waals surface area contributed by atoms with Crippen LogP contribution in [0.15, 0.2) is 12.4 Å². The molecule has 118 valence electrons. The number of aliphatic hydroxyl groups excluding tert-OH is 2. The van der Waals surface area contributed by atoms with Gasteiger partial charge in [-0.3, -0.25) is 0 Å². The molecule has 1 aromatic heterocycles. The van der Waals surface area contributed by atoms with Crippen molar-refractivity contribution in [3.8, 4) is 0 Å². The van der Waals surface area contributed by atoms with Crippen LogP contribution in [0.2, 0.25) is 0 Å². The lowest BCUT2D eigenvalue weighted by molar-refractivity contribution is -0.0373. The maximum Gasteiger partial charge on any atom is 0.225 e. The summed E-state index contributed by atoms with van der Waals surface area (Å²) in [5, 5.41) is 20.1. The maximum atomic E-state index is 10.5. The van der Waals surface area contributed by atoms with Gasteiger partial charge < -0.3 is 15.1 Å². The second kappa shape index (κ2) is 7.18. The fraction of sp³-hybridized carbons (Fsp3) is 0.750. The van der Waals surface area contributed by atoms with Crippen molar-refractivity contribution < 1.29 is 10.2 Å². The van der Waals surface area contributed by atoms with E-state index < -0.39 is 6.10 Å². The molecule has 0 aliphatic carbocycles. The predicted molar refractivity (Wildman–Crippen MR) is 83.3 cm³/mol. The van der Waals surface area contributed by atoms with Crippen LogP contribution in [0.25, 0.3) is 0 Å². The number of β-amino-alcohol motifs (C(OH)–C–C–N with tert-alkyl or cyclic N) is 1. The van der Waals surface area contributed by atoms with E-state index in [1.54, 1.807) is 0 Å². The van der Waals surface area contributed by atoms with Gasteiger partial charge in [-0.25, -0.2) is 9.97 Å². The Bertz CT molecular complexity index is 438. The number of hydrogen-bond acceptors (Lipinski definition) is 5. The van der Waals surface area contributed by atoms with Gasteiger partial charge in [-0.05, 0) is 24.8 Å². The fourth-order valence-corrected chi connectivity index (χ4v) is 3.18. The first kappa shape index (κ1) is 16.2. The Hall–Kier alpha value is -1.20. The van der Waals surface area contributed by atoms with E-state index in [4.69, 9.17) is 0 Å². The van der Waals surface area contributed by atoms with Crippen LogP contribution in [0.1, 0.15) is 45.1 Å². The quantitative estimate of drug-likeness (QED) is 0.836. The zero-order valence-electron chi connectivity index (χ0n) is 13.1. The molecule has 2 N–H and O–H groups in total. The van der Waals surface area contributed by atoms with E-state index >= 15 is 0 Å². The highest BCUT2D eigenvalue weighted by atomic mass is 16.3. The molecule has 1 aliphatic heterocycles. The Kier molecular flexibility index (Phi) is 5.53. The topological polar surface area (TPSA) is 69.5 Å². The van der Waals surface area contributed by atoms with Crippen LogP contribution in [-0.4, -0.2) is 46.0 Å². The van der Waals surface area contributed by atoms with E-state index in [0.29, 0.717) is 12.5 Å². The molecule has 0 amide bonds. The standard InChI is InChI=1S/C16H27N3O2/c1-3-5-13-9-17-15(18-10-13)19-8-7-16(12-20,6-4-2)14(21)11-19/h9-10,14,20-21H,3-8,11-12H2,1-2H3/t14-,16+/m0/s1. The maximum absolute atomic E-state index is 10.5. The lowest BCUT2D eigenvalue weighted by atomic mass is 9.73. The predicted octanol–water partition coefficient (Wildman–Crippen LogP) is 1.78.